The van der Waals surface area contributed by atoms with Gasteiger partial charge in [-0.25, -0.2) is 14.1 Å². The van der Waals surface area contributed by atoms with Gasteiger partial charge >= 0.3 is 18.3 Å². The van der Waals surface area contributed by atoms with E-state index < -0.39 is 12.2 Å². The van der Waals surface area contributed by atoms with E-state index in [2.05, 4.69) is 71.3 Å². The molecule has 39 heavy (non-hydrogen) atoms. The third-order valence-corrected chi connectivity index (χ3v) is 8.13. The van der Waals surface area contributed by atoms with Gasteiger partial charge in [0.25, 0.3) is 0 Å². The standard InChI is InChI=1S/C28H53N5O6/c1-25(2)16-20(17-26(3,4)30-25)32(23(35)38-10)13-15-33(24(36)39-11,14-12-29-22(34)37-9)21-18-27(5,6)31-28(7,8)19-21/h20-21,30-31H,12-19H2,1-11H3/p+1. The highest BCUT2D eigenvalue weighted by Gasteiger charge is 2.53. The average molecular weight is 557 g/mol. The molecule has 2 rings (SSSR count). The maximum Gasteiger partial charge on any atom is 0.516 e. The number of amides is 3. The van der Waals surface area contributed by atoms with Gasteiger partial charge < -0.3 is 30.2 Å². The topological polar surface area (TPSA) is 118 Å². The van der Waals surface area contributed by atoms with Gasteiger partial charge in [-0.1, -0.05) is 0 Å². The highest BCUT2D eigenvalue weighted by Crippen LogP contribution is 2.37. The number of nitrogens with one attached hydrogen (secondary N) is 3. The van der Waals surface area contributed by atoms with Gasteiger partial charge in [0.1, 0.15) is 19.1 Å². The van der Waals surface area contributed by atoms with Crippen LogP contribution in [0.1, 0.15) is 81.1 Å². The molecular formula is C28H54N5O6+. The number of hydrogen-bond acceptors (Lipinski definition) is 8. The summed E-state index contributed by atoms with van der Waals surface area (Å²) in [6.45, 7) is 18.3. The SMILES string of the molecule is COC(=O)NCC[N+](CCN(C(=O)OC)C1CC(C)(C)NC(C)(C)C1)(C(=O)OC)C1CC(C)(C)NC(C)(C)C1. The predicted octanol–water partition coefficient (Wildman–Crippen LogP) is 3.61. The molecule has 11 nitrogen and oxygen atoms in total. The van der Waals surface area contributed by atoms with Crippen LogP contribution in [0.5, 0.6) is 0 Å². The molecular weight excluding hydrogens is 502 g/mol. The molecule has 0 aromatic heterocycles. The van der Waals surface area contributed by atoms with Crippen molar-refractivity contribution in [2.24, 2.45) is 0 Å². The van der Waals surface area contributed by atoms with E-state index in [-0.39, 0.29) is 51.4 Å². The maximum absolute atomic E-state index is 13.8. The fraction of sp³-hybridized carbons (Fsp3) is 0.893. The first-order valence-electron chi connectivity index (χ1n) is 14.0. The largest absolute Gasteiger partial charge is 0.516 e. The van der Waals surface area contributed by atoms with Crippen molar-refractivity contribution in [3.8, 4) is 0 Å². The lowest BCUT2D eigenvalue weighted by Crippen LogP contribution is -2.71. The number of carbonyl (C=O) groups is 3. The Balaban J connectivity index is 2.50. The molecule has 0 aromatic carbocycles. The van der Waals surface area contributed by atoms with Crippen LogP contribution in [0.3, 0.4) is 0 Å². The Bertz CT molecular complexity index is 858. The number of piperidine rings is 2. The number of methoxy groups -OCH3 is 3. The molecule has 0 aliphatic carbocycles. The summed E-state index contributed by atoms with van der Waals surface area (Å²) in [5.41, 5.74) is -0.823. The summed E-state index contributed by atoms with van der Waals surface area (Å²) in [4.78, 5) is 40.7. The fourth-order valence-electron chi connectivity index (χ4n) is 7.35. The summed E-state index contributed by atoms with van der Waals surface area (Å²) in [6, 6.07) is -0.180. The van der Waals surface area contributed by atoms with Crippen LogP contribution in [0.25, 0.3) is 0 Å². The normalized spacial score (nSPS) is 23.7. The molecule has 0 spiro atoms. The van der Waals surface area contributed by atoms with Crippen LogP contribution in [0, 0.1) is 0 Å². The molecule has 0 saturated carbocycles. The third kappa shape index (κ3) is 8.69. The van der Waals surface area contributed by atoms with E-state index in [1.54, 1.807) is 4.90 Å². The van der Waals surface area contributed by atoms with Gasteiger partial charge in [-0.3, -0.25) is 4.90 Å². The van der Waals surface area contributed by atoms with Gasteiger partial charge in [0.05, 0.1) is 34.4 Å². The molecule has 2 aliphatic heterocycles. The van der Waals surface area contributed by atoms with Crippen molar-refractivity contribution in [3.63, 3.8) is 0 Å². The van der Waals surface area contributed by atoms with Gasteiger partial charge in [0, 0.05) is 41.0 Å². The van der Waals surface area contributed by atoms with E-state index in [4.69, 9.17) is 14.2 Å². The molecule has 1 atom stereocenters. The second-order valence-electron chi connectivity index (χ2n) is 13.9. The summed E-state index contributed by atoms with van der Waals surface area (Å²) in [6.07, 6.45) is 1.60. The Hall–Kier alpha value is -2.11. The number of carbonyl (C=O) groups excluding carboxylic acids is 3. The molecule has 2 heterocycles. The van der Waals surface area contributed by atoms with Crippen molar-refractivity contribution in [2.45, 2.75) is 115 Å². The van der Waals surface area contributed by atoms with Gasteiger partial charge in [0.15, 0.2) is 0 Å². The van der Waals surface area contributed by atoms with Crippen molar-refractivity contribution in [1.29, 1.82) is 0 Å². The second-order valence-corrected chi connectivity index (χ2v) is 13.9. The Morgan fingerprint density at radius 2 is 1.26 bits per heavy atom. The highest BCUT2D eigenvalue weighted by atomic mass is 16.6. The molecule has 226 valence electrons. The Kier molecular flexibility index (Phi) is 10.3. The second kappa shape index (κ2) is 12.2. The van der Waals surface area contributed by atoms with Crippen LogP contribution < -0.4 is 16.0 Å². The number of hydrogen-bond donors (Lipinski definition) is 3. The molecule has 3 N–H and O–H groups in total. The van der Waals surface area contributed by atoms with Crippen molar-refractivity contribution < 1.29 is 33.1 Å². The lowest BCUT2D eigenvalue weighted by atomic mass is 9.78. The molecule has 0 bridgehead atoms. The lowest BCUT2D eigenvalue weighted by molar-refractivity contribution is -0.883. The minimum Gasteiger partial charge on any atom is -0.453 e. The van der Waals surface area contributed by atoms with E-state index in [1.807, 2.05) is 0 Å². The Labute approximate surface area is 235 Å². The van der Waals surface area contributed by atoms with Crippen LogP contribution in [0.2, 0.25) is 0 Å². The van der Waals surface area contributed by atoms with Crippen LogP contribution >= 0.6 is 0 Å². The summed E-state index contributed by atoms with van der Waals surface area (Å²) >= 11 is 0. The van der Waals surface area contributed by atoms with E-state index >= 15 is 0 Å². The lowest BCUT2D eigenvalue weighted by Gasteiger charge is -2.53. The molecule has 3 amide bonds. The molecule has 2 aliphatic rings. The first-order valence-corrected chi connectivity index (χ1v) is 14.0. The van der Waals surface area contributed by atoms with Crippen LogP contribution in [-0.4, -0.2) is 109 Å². The molecule has 1 unspecified atom stereocenters. The number of nitrogens with zero attached hydrogens (tertiary/aromatic N) is 2. The monoisotopic (exact) mass is 556 g/mol. The Morgan fingerprint density at radius 1 is 0.769 bits per heavy atom. The highest BCUT2D eigenvalue weighted by molar-refractivity contribution is 5.68. The summed E-state index contributed by atoms with van der Waals surface area (Å²) in [5, 5.41) is 10.1. The van der Waals surface area contributed by atoms with Crippen LogP contribution in [0.4, 0.5) is 14.4 Å². The smallest absolute Gasteiger partial charge is 0.453 e. The maximum atomic E-state index is 13.8. The van der Waals surface area contributed by atoms with Gasteiger partial charge in [-0.15, -0.1) is 0 Å². The van der Waals surface area contributed by atoms with Crippen LogP contribution in [-0.2, 0) is 14.2 Å². The van der Waals surface area contributed by atoms with Gasteiger partial charge in [-0.05, 0) is 68.2 Å². The minimum atomic E-state index is -0.556. The zero-order chi connectivity index (χ0) is 29.9. The van der Waals surface area contributed by atoms with Crippen molar-refractivity contribution in [2.75, 3.05) is 47.5 Å². The molecule has 0 radical (unpaired) electrons. The molecule has 0 aromatic rings. The zero-order valence-electron chi connectivity index (χ0n) is 26.2. The van der Waals surface area contributed by atoms with E-state index in [1.165, 1.54) is 21.3 Å². The summed E-state index contributed by atoms with van der Waals surface area (Å²) < 4.78 is 15.4. The zero-order valence-corrected chi connectivity index (χ0v) is 26.2. The number of quaternary nitrogens is 1. The molecule has 2 saturated heterocycles. The number of ether oxygens (including phenoxy) is 3. The van der Waals surface area contributed by atoms with Crippen molar-refractivity contribution >= 4 is 18.3 Å². The average Bonchev–Trinajstić information content (AvgIpc) is 2.78. The van der Waals surface area contributed by atoms with Crippen molar-refractivity contribution in [3.05, 3.63) is 0 Å². The Morgan fingerprint density at radius 3 is 1.69 bits per heavy atom. The van der Waals surface area contributed by atoms with Gasteiger partial charge in [0.2, 0.25) is 0 Å². The third-order valence-electron chi connectivity index (χ3n) is 8.13. The number of alkyl carbamates (subject to hydrolysis) is 1. The quantitative estimate of drug-likeness (QED) is 0.307. The van der Waals surface area contributed by atoms with E-state index in [0.717, 1.165) is 25.7 Å². The molecule has 11 heteroatoms. The first kappa shape index (κ1) is 33.1. The number of rotatable bonds is 8. The summed E-state index contributed by atoms with van der Waals surface area (Å²) in [7, 11) is 4.11. The van der Waals surface area contributed by atoms with Crippen molar-refractivity contribution in [1.82, 2.24) is 20.9 Å². The summed E-state index contributed by atoms with van der Waals surface area (Å²) in [5.74, 6) is 0. The molecule has 2 fully saturated rings. The van der Waals surface area contributed by atoms with Gasteiger partial charge in [-0.2, -0.15) is 4.79 Å². The predicted molar refractivity (Wildman–Crippen MR) is 151 cm³/mol. The minimum absolute atomic E-state index is 0.0275. The first-order chi connectivity index (χ1) is 17.8. The van der Waals surface area contributed by atoms with E-state index in [0.29, 0.717) is 19.6 Å². The fourth-order valence-corrected chi connectivity index (χ4v) is 7.35. The van der Waals surface area contributed by atoms with E-state index in [9.17, 15) is 14.4 Å². The van der Waals surface area contributed by atoms with Crippen LogP contribution in [0.15, 0.2) is 0 Å².